The van der Waals surface area contributed by atoms with Crippen LogP contribution in [0.3, 0.4) is 0 Å². The number of hydrogen-bond donors (Lipinski definition) is 0. The van der Waals surface area contributed by atoms with Crippen LogP contribution in [0.4, 0.5) is 0 Å². The minimum absolute atomic E-state index is 0.426. The Morgan fingerprint density at radius 3 is 2.54 bits per heavy atom. The maximum absolute atomic E-state index is 12.6. The minimum Gasteiger partial charge on any atom is -0.296 e. The summed E-state index contributed by atoms with van der Waals surface area (Å²) in [5.41, 5.74) is 1.74. The molecular formula is C17H19N3O2S2. The van der Waals surface area contributed by atoms with Crippen LogP contribution in [0.2, 0.25) is 0 Å². The second kappa shape index (κ2) is 7.03. The Morgan fingerprint density at radius 2 is 1.92 bits per heavy atom. The first-order valence-corrected chi connectivity index (χ1v) is 10.0. The molecule has 1 aromatic carbocycles. The quantitative estimate of drug-likeness (QED) is 0.839. The molecule has 1 aromatic heterocycles. The molecule has 2 aromatic rings. The number of rotatable bonds is 4. The highest BCUT2D eigenvalue weighted by atomic mass is 32.2. The molecule has 0 saturated carbocycles. The number of nitrogens with zero attached hydrogens (tertiary/aromatic N) is 3. The molecule has 1 fully saturated rings. The second-order valence-corrected chi connectivity index (χ2v) is 9.31. The van der Waals surface area contributed by atoms with E-state index in [2.05, 4.69) is 11.0 Å². The first-order chi connectivity index (χ1) is 11.5. The Morgan fingerprint density at radius 1 is 1.17 bits per heavy atom. The highest BCUT2D eigenvalue weighted by molar-refractivity contribution is 7.91. The summed E-state index contributed by atoms with van der Waals surface area (Å²) in [7, 11) is -3.37. The van der Waals surface area contributed by atoms with Crippen LogP contribution >= 0.6 is 11.3 Å². The average Bonchev–Trinajstić information content (AvgIpc) is 3.03. The molecule has 3 rings (SSSR count). The molecule has 0 bridgehead atoms. The SMILES string of the molecule is Cc1ccc(S(=O)(=O)N2CCN(Cc3cccc(C#N)c3)CC2)s1. The lowest BCUT2D eigenvalue weighted by atomic mass is 10.1. The molecule has 1 saturated heterocycles. The standard InChI is InChI=1S/C17H19N3O2S2/c1-14-5-6-17(23-14)24(21,22)20-9-7-19(8-10-20)13-16-4-2-3-15(11-16)12-18/h2-6,11H,7-10,13H2,1H3. The zero-order valence-electron chi connectivity index (χ0n) is 13.5. The number of thiophene rings is 1. The van der Waals surface area contributed by atoms with Gasteiger partial charge in [0.05, 0.1) is 11.6 Å². The number of piperazine rings is 1. The molecule has 0 radical (unpaired) electrons. The fourth-order valence-corrected chi connectivity index (χ4v) is 5.66. The van der Waals surface area contributed by atoms with Gasteiger partial charge in [-0.1, -0.05) is 12.1 Å². The highest BCUT2D eigenvalue weighted by Gasteiger charge is 2.29. The van der Waals surface area contributed by atoms with Gasteiger partial charge in [-0.15, -0.1) is 11.3 Å². The van der Waals surface area contributed by atoms with Gasteiger partial charge in [0.2, 0.25) is 0 Å². The Labute approximate surface area is 146 Å². The largest absolute Gasteiger partial charge is 0.296 e. The lowest BCUT2D eigenvalue weighted by Crippen LogP contribution is -2.48. The predicted octanol–water partition coefficient (Wildman–Crippen LogP) is 2.43. The zero-order chi connectivity index (χ0) is 17.2. The monoisotopic (exact) mass is 361 g/mol. The van der Waals surface area contributed by atoms with Crippen molar-refractivity contribution in [2.24, 2.45) is 0 Å². The van der Waals surface area contributed by atoms with Gasteiger partial charge in [-0.25, -0.2) is 8.42 Å². The normalized spacial score (nSPS) is 16.8. The van der Waals surface area contributed by atoms with Crippen LogP contribution in [0.1, 0.15) is 16.0 Å². The summed E-state index contributed by atoms with van der Waals surface area (Å²) >= 11 is 1.32. The van der Waals surface area contributed by atoms with Gasteiger partial charge in [0.1, 0.15) is 4.21 Å². The summed E-state index contributed by atoms with van der Waals surface area (Å²) in [6.45, 7) is 5.04. The molecule has 1 aliphatic rings. The third kappa shape index (κ3) is 3.68. The van der Waals surface area contributed by atoms with Crippen molar-refractivity contribution in [1.82, 2.24) is 9.21 Å². The van der Waals surface area contributed by atoms with Crippen molar-refractivity contribution in [3.8, 4) is 6.07 Å². The Kier molecular flexibility index (Phi) is 5.01. The van der Waals surface area contributed by atoms with Crippen LogP contribution in [0.25, 0.3) is 0 Å². The smallest absolute Gasteiger partial charge is 0.252 e. The fraction of sp³-hybridized carbons (Fsp3) is 0.353. The van der Waals surface area contributed by atoms with E-state index in [4.69, 9.17) is 5.26 Å². The van der Waals surface area contributed by atoms with Crippen LogP contribution in [0.15, 0.2) is 40.6 Å². The van der Waals surface area contributed by atoms with Crippen molar-refractivity contribution < 1.29 is 8.42 Å². The van der Waals surface area contributed by atoms with Crippen molar-refractivity contribution in [2.45, 2.75) is 17.7 Å². The topological polar surface area (TPSA) is 64.4 Å². The average molecular weight is 361 g/mol. The third-order valence-electron chi connectivity index (χ3n) is 4.10. The van der Waals surface area contributed by atoms with E-state index in [-0.39, 0.29) is 0 Å². The molecular weight excluding hydrogens is 342 g/mol. The lowest BCUT2D eigenvalue weighted by Gasteiger charge is -2.33. The summed E-state index contributed by atoms with van der Waals surface area (Å²) in [6, 6.07) is 13.2. The van der Waals surface area contributed by atoms with Gasteiger partial charge in [-0.2, -0.15) is 9.57 Å². The zero-order valence-corrected chi connectivity index (χ0v) is 15.1. The molecule has 126 valence electrons. The van der Waals surface area contributed by atoms with Crippen molar-refractivity contribution in [3.63, 3.8) is 0 Å². The van der Waals surface area contributed by atoms with E-state index >= 15 is 0 Å². The molecule has 24 heavy (non-hydrogen) atoms. The van der Waals surface area contributed by atoms with E-state index in [1.165, 1.54) is 11.3 Å². The van der Waals surface area contributed by atoms with Crippen LogP contribution in [-0.4, -0.2) is 43.8 Å². The van der Waals surface area contributed by atoms with Crippen LogP contribution in [-0.2, 0) is 16.6 Å². The minimum atomic E-state index is -3.37. The van der Waals surface area contributed by atoms with E-state index in [1.54, 1.807) is 16.4 Å². The molecule has 0 unspecified atom stereocenters. The van der Waals surface area contributed by atoms with Crippen molar-refractivity contribution in [2.75, 3.05) is 26.2 Å². The van der Waals surface area contributed by atoms with Crippen LogP contribution in [0.5, 0.6) is 0 Å². The van der Waals surface area contributed by atoms with E-state index in [9.17, 15) is 8.42 Å². The number of sulfonamides is 1. The van der Waals surface area contributed by atoms with Crippen LogP contribution in [0, 0.1) is 18.3 Å². The Balaban J connectivity index is 1.62. The lowest BCUT2D eigenvalue weighted by molar-refractivity contribution is 0.182. The molecule has 0 aliphatic carbocycles. The number of benzene rings is 1. The predicted molar refractivity (Wildman–Crippen MR) is 94.2 cm³/mol. The summed E-state index contributed by atoms with van der Waals surface area (Å²) in [6.07, 6.45) is 0. The molecule has 5 nitrogen and oxygen atoms in total. The molecule has 0 amide bonds. The molecule has 0 spiro atoms. The first-order valence-electron chi connectivity index (χ1n) is 7.77. The number of hydrogen-bond acceptors (Lipinski definition) is 5. The van der Waals surface area contributed by atoms with Gasteiger partial charge in [0, 0.05) is 37.6 Å². The molecule has 7 heteroatoms. The Bertz CT molecular complexity index is 860. The maximum atomic E-state index is 12.6. The third-order valence-corrected chi connectivity index (χ3v) is 7.47. The summed E-state index contributed by atoms with van der Waals surface area (Å²) < 4.78 is 27.3. The summed E-state index contributed by atoms with van der Waals surface area (Å²) in [4.78, 5) is 3.23. The molecule has 0 atom stereocenters. The van der Waals surface area contributed by atoms with E-state index in [0.717, 1.165) is 17.0 Å². The van der Waals surface area contributed by atoms with E-state index in [0.29, 0.717) is 36.0 Å². The summed E-state index contributed by atoms with van der Waals surface area (Å²) in [5, 5.41) is 8.97. The molecule has 0 N–H and O–H groups in total. The Hall–Kier alpha value is -1.72. The van der Waals surface area contributed by atoms with Gasteiger partial charge >= 0.3 is 0 Å². The van der Waals surface area contributed by atoms with E-state index < -0.39 is 10.0 Å². The van der Waals surface area contributed by atoms with Gasteiger partial charge < -0.3 is 0 Å². The number of nitriles is 1. The van der Waals surface area contributed by atoms with Crippen molar-refractivity contribution in [1.29, 1.82) is 5.26 Å². The maximum Gasteiger partial charge on any atom is 0.252 e. The highest BCUT2D eigenvalue weighted by Crippen LogP contribution is 2.25. The first kappa shape index (κ1) is 17.1. The van der Waals surface area contributed by atoms with E-state index in [1.807, 2.05) is 31.2 Å². The second-order valence-electron chi connectivity index (χ2n) is 5.86. The van der Waals surface area contributed by atoms with Crippen LogP contribution < -0.4 is 0 Å². The number of aryl methyl sites for hydroxylation is 1. The van der Waals surface area contributed by atoms with Gasteiger partial charge in [0.25, 0.3) is 10.0 Å². The van der Waals surface area contributed by atoms with Gasteiger partial charge in [0.15, 0.2) is 0 Å². The van der Waals surface area contributed by atoms with Crippen molar-refractivity contribution >= 4 is 21.4 Å². The van der Waals surface area contributed by atoms with Gasteiger partial charge in [-0.3, -0.25) is 4.90 Å². The summed E-state index contributed by atoms with van der Waals surface area (Å²) in [5.74, 6) is 0. The van der Waals surface area contributed by atoms with Crippen molar-refractivity contribution in [3.05, 3.63) is 52.4 Å². The molecule has 1 aliphatic heterocycles. The van der Waals surface area contributed by atoms with Gasteiger partial charge in [-0.05, 0) is 36.8 Å². The molecule has 2 heterocycles. The fourth-order valence-electron chi connectivity index (χ4n) is 2.80.